The summed E-state index contributed by atoms with van der Waals surface area (Å²) >= 11 is 1.30. The molecule has 0 atom stereocenters. The molecule has 1 fully saturated rings. The highest BCUT2D eigenvalue weighted by atomic mass is 32.2. The van der Waals surface area contributed by atoms with Crippen LogP contribution in [-0.2, 0) is 4.79 Å². The number of hydrogen-bond acceptors (Lipinski definition) is 6. The highest BCUT2D eigenvalue weighted by molar-refractivity contribution is 8.15. The van der Waals surface area contributed by atoms with Crippen LogP contribution in [0.3, 0.4) is 0 Å². The minimum Gasteiger partial charge on any atom is -0.285 e. The van der Waals surface area contributed by atoms with Crippen molar-refractivity contribution in [3.05, 3.63) is 52.6 Å². The lowest BCUT2D eigenvalue weighted by Crippen LogP contribution is -2.29. The Morgan fingerprint density at radius 3 is 3.05 bits per heavy atom. The van der Waals surface area contributed by atoms with E-state index in [1.807, 2.05) is 0 Å². The number of amides is 1. The van der Waals surface area contributed by atoms with Gasteiger partial charge < -0.3 is 0 Å². The van der Waals surface area contributed by atoms with Crippen molar-refractivity contribution in [2.45, 2.75) is 0 Å². The topological polar surface area (TPSA) is 88.2 Å². The Morgan fingerprint density at radius 2 is 2.33 bits per heavy atom. The standard InChI is InChI=1S/C13H12N4O3S/c1-2-6-16-12(18)9-21-13(16)15-14-8-10-4-3-5-11(7-10)17(19)20/h2-5,7-8H,1,6,9H2/b14-8+,15-13-. The van der Waals surface area contributed by atoms with Crippen LogP contribution in [0.1, 0.15) is 5.56 Å². The fraction of sp³-hybridized carbons (Fsp3) is 0.154. The summed E-state index contributed by atoms with van der Waals surface area (Å²) in [4.78, 5) is 23.3. The van der Waals surface area contributed by atoms with E-state index in [1.165, 1.54) is 35.0 Å². The van der Waals surface area contributed by atoms with Crippen LogP contribution in [-0.4, -0.2) is 39.4 Å². The smallest absolute Gasteiger partial charge is 0.270 e. The minimum atomic E-state index is -0.472. The molecule has 1 aromatic carbocycles. The van der Waals surface area contributed by atoms with E-state index in [-0.39, 0.29) is 11.6 Å². The molecular formula is C13H12N4O3S. The lowest BCUT2D eigenvalue weighted by Gasteiger charge is -2.11. The molecule has 0 bridgehead atoms. The molecule has 0 unspecified atom stereocenters. The monoisotopic (exact) mass is 304 g/mol. The van der Waals surface area contributed by atoms with Crippen molar-refractivity contribution in [3.8, 4) is 0 Å². The molecule has 1 aliphatic heterocycles. The lowest BCUT2D eigenvalue weighted by molar-refractivity contribution is -0.384. The Balaban J connectivity index is 2.12. The largest absolute Gasteiger partial charge is 0.285 e. The van der Waals surface area contributed by atoms with Gasteiger partial charge in [0, 0.05) is 24.2 Å². The van der Waals surface area contributed by atoms with Crippen molar-refractivity contribution in [1.82, 2.24) is 4.90 Å². The third-order valence-corrected chi connectivity index (χ3v) is 3.55. The number of carbonyl (C=O) groups is 1. The van der Waals surface area contributed by atoms with Crippen LogP contribution in [0.15, 0.2) is 47.1 Å². The number of thioether (sulfide) groups is 1. The molecule has 2 rings (SSSR count). The molecule has 0 aromatic heterocycles. The van der Waals surface area contributed by atoms with E-state index in [0.717, 1.165) is 0 Å². The van der Waals surface area contributed by atoms with Crippen molar-refractivity contribution in [2.24, 2.45) is 10.2 Å². The number of nitrogens with zero attached hydrogens (tertiary/aromatic N) is 4. The molecule has 108 valence electrons. The number of amidine groups is 1. The van der Waals surface area contributed by atoms with E-state index in [2.05, 4.69) is 16.8 Å². The number of carbonyl (C=O) groups excluding carboxylic acids is 1. The average Bonchev–Trinajstić information content (AvgIpc) is 2.81. The summed E-state index contributed by atoms with van der Waals surface area (Å²) in [6, 6.07) is 6.06. The maximum absolute atomic E-state index is 11.6. The molecule has 8 heteroatoms. The summed E-state index contributed by atoms with van der Waals surface area (Å²) in [5, 5.41) is 19.0. The Labute approximate surface area is 125 Å². The summed E-state index contributed by atoms with van der Waals surface area (Å²) in [6.07, 6.45) is 3.03. The quantitative estimate of drug-likeness (QED) is 0.360. The van der Waals surface area contributed by atoms with Crippen molar-refractivity contribution < 1.29 is 9.72 Å². The second-order valence-corrected chi connectivity index (χ2v) is 5.00. The Kier molecular flexibility index (Phi) is 4.83. The van der Waals surface area contributed by atoms with Gasteiger partial charge in [-0.05, 0) is 0 Å². The Hall–Kier alpha value is -2.48. The molecule has 0 radical (unpaired) electrons. The summed E-state index contributed by atoms with van der Waals surface area (Å²) in [6.45, 7) is 3.97. The highest BCUT2D eigenvalue weighted by Crippen LogP contribution is 2.19. The SMILES string of the molecule is C=CCN1C(=O)CS/C1=N\N=C\c1cccc([N+](=O)[O-])c1. The van der Waals surface area contributed by atoms with Crippen LogP contribution >= 0.6 is 11.8 Å². The number of hydrogen-bond donors (Lipinski definition) is 0. The first-order valence-electron chi connectivity index (χ1n) is 6.01. The van der Waals surface area contributed by atoms with Gasteiger partial charge in [-0.1, -0.05) is 30.0 Å². The van der Waals surface area contributed by atoms with Crippen LogP contribution in [0.5, 0.6) is 0 Å². The molecule has 1 aliphatic rings. The lowest BCUT2D eigenvalue weighted by atomic mass is 10.2. The minimum absolute atomic E-state index is 0.00898. The van der Waals surface area contributed by atoms with Crippen molar-refractivity contribution >= 4 is 34.7 Å². The number of nitro benzene ring substituents is 1. The number of nitro groups is 1. The summed E-state index contributed by atoms with van der Waals surface area (Å²) < 4.78 is 0. The molecule has 0 N–H and O–H groups in total. The van der Waals surface area contributed by atoms with Crippen LogP contribution in [0.4, 0.5) is 5.69 Å². The highest BCUT2D eigenvalue weighted by Gasteiger charge is 2.26. The molecule has 21 heavy (non-hydrogen) atoms. The second kappa shape index (κ2) is 6.80. The van der Waals surface area contributed by atoms with Gasteiger partial charge in [0.1, 0.15) is 0 Å². The van der Waals surface area contributed by atoms with Gasteiger partial charge in [-0.15, -0.1) is 11.7 Å². The van der Waals surface area contributed by atoms with E-state index in [4.69, 9.17) is 0 Å². The van der Waals surface area contributed by atoms with Crippen molar-refractivity contribution in [3.63, 3.8) is 0 Å². The third-order valence-electron chi connectivity index (χ3n) is 2.60. The predicted octanol–water partition coefficient (Wildman–Crippen LogP) is 2.05. The molecular weight excluding hydrogens is 292 g/mol. The molecule has 1 saturated heterocycles. The summed E-state index contributed by atoms with van der Waals surface area (Å²) in [5.74, 6) is 0.295. The molecule has 7 nitrogen and oxygen atoms in total. The number of non-ortho nitro benzene ring substituents is 1. The van der Waals surface area contributed by atoms with Crippen molar-refractivity contribution in [2.75, 3.05) is 12.3 Å². The van der Waals surface area contributed by atoms with E-state index >= 15 is 0 Å². The van der Waals surface area contributed by atoms with E-state index in [9.17, 15) is 14.9 Å². The zero-order valence-corrected chi connectivity index (χ0v) is 11.8. The fourth-order valence-electron chi connectivity index (χ4n) is 1.64. The van der Waals surface area contributed by atoms with Gasteiger partial charge in [0.25, 0.3) is 5.69 Å². The maximum atomic E-state index is 11.6. The predicted molar refractivity (Wildman–Crippen MR) is 82.5 cm³/mol. The van der Waals surface area contributed by atoms with Gasteiger partial charge in [0.05, 0.1) is 16.9 Å². The first-order valence-corrected chi connectivity index (χ1v) is 7.00. The van der Waals surface area contributed by atoms with E-state index in [1.54, 1.807) is 18.2 Å². The van der Waals surface area contributed by atoms with E-state index < -0.39 is 4.92 Å². The maximum Gasteiger partial charge on any atom is 0.270 e. The van der Waals surface area contributed by atoms with Gasteiger partial charge >= 0.3 is 0 Å². The zero-order chi connectivity index (χ0) is 15.2. The second-order valence-electron chi connectivity index (χ2n) is 4.06. The first-order chi connectivity index (χ1) is 10.1. The molecule has 1 amide bonds. The van der Waals surface area contributed by atoms with Gasteiger partial charge in [0.2, 0.25) is 5.91 Å². The van der Waals surface area contributed by atoms with Crippen LogP contribution in [0, 0.1) is 10.1 Å². The normalized spacial score (nSPS) is 16.9. The van der Waals surface area contributed by atoms with Gasteiger partial charge in [0.15, 0.2) is 5.17 Å². The number of benzene rings is 1. The van der Waals surface area contributed by atoms with Gasteiger partial charge in [-0.25, -0.2) is 0 Å². The average molecular weight is 304 g/mol. The molecule has 1 aromatic rings. The van der Waals surface area contributed by atoms with Gasteiger partial charge in [-0.2, -0.15) is 5.10 Å². The van der Waals surface area contributed by atoms with Gasteiger partial charge in [-0.3, -0.25) is 19.8 Å². The van der Waals surface area contributed by atoms with Crippen LogP contribution < -0.4 is 0 Å². The Bertz CT molecular complexity index is 642. The Morgan fingerprint density at radius 1 is 1.52 bits per heavy atom. The zero-order valence-electron chi connectivity index (χ0n) is 11.0. The third kappa shape index (κ3) is 3.76. The van der Waals surface area contributed by atoms with Crippen LogP contribution in [0.2, 0.25) is 0 Å². The first kappa shape index (κ1) is 14.9. The molecule has 0 spiro atoms. The molecule has 0 aliphatic carbocycles. The summed E-state index contributed by atoms with van der Waals surface area (Å²) in [5.41, 5.74) is 0.559. The fourth-order valence-corrected chi connectivity index (χ4v) is 2.49. The molecule has 0 saturated carbocycles. The van der Waals surface area contributed by atoms with Crippen molar-refractivity contribution in [1.29, 1.82) is 0 Å². The van der Waals surface area contributed by atoms with Crippen LogP contribution in [0.25, 0.3) is 0 Å². The molecule has 1 heterocycles. The summed E-state index contributed by atoms with van der Waals surface area (Å²) in [7, 11) is 0. The number of rotatable bonds is 5. The van der Waals surface area contributed by atoms with E-state index in [0.29, 0.717) is 23.0 Å².